The van der Waals surface area contributed by atoms with Crippen LogP contribution in [0.4, 0.5) is 17.1 Å². The van der Waals surface area contributed by atoms with E-state index in [0.717, 1.165) is 4.31 Å². The Morgan fingerprint density at radius 1 is 0.744 bits per heavy atom. The molecule has 2 N–H and O–H groups in total. The largest absolute Gasteiger partial charge is 0.325 e. The minimum absolute atomic E-state index is 0.0234. The van der Waals surface area contributed by atoms with Crippen molar-refractivity contribution in [1.29, 1.82) is 0 Å². The van der Waals surface area contributed by atoms with E-state index in [9.17, 15) is 21.6 Å². The lowest BCUT2D eigenvalue weighted by molar-refractivity contribution is -0.114. The number of nitrogens with one attached hydrogen (secondary N) is 2. The average molecular weight is 605 g/mol. The molecule has 0 aromatic heterocycles. The van der Waals surface area contributed by atoms with E-state index in [1.165, 1.54) is 54.6 Å². The Bertz CT molecular complexity index is 1710. The molecular weight excluding hydrogens is 581 g/mol. The van der Waals surface area contributed by atoms with Crippen LogP contribution in [-0.2, 0) is 24.8 Å². The first-order chi connectivity index (χ1) is 18.5. The van der Waals surface area contributed by atoms with Gasteiger partial charge in [0.25, 0.3) is 20.0 Å². The lowest BCUT2D eigenvalue weighted by Gasteiger charge is -2.25. The molecule has 0 saturated heterocycles. The summed E-state index contributed by atoms with van der Waals surface area (Å²) in [5.41, 5.74) is 1.59. The number of halogens is 2. The fourth-order valence-electron chi connectivity index (χ4n) is 3.69. The second-order valence-electron chi connectivity index (χ2n) is 8.44. The average Bonchev–Trinajstić information content (AvgIpc) is 2.88. The van der Waals surface area contributed by atoms with Crippen molar-refractivity contribution in [3.63, 3.8) is 0 Å². The number of amides is 1. The summed E-state index contributed by atoms with van der Waals surface area (Å²) in [7, 11) is -8.03. The van der Waals surface area contributed by atoms with Gasteiger partial charge in [0.2, 0.25) is 5.91 Å². The summed E-state index contributed by atoms with van der Waals surface area (Å²) in [5.74, 6) is -0.622. The molecule has 0 bridgehead atoms. The molecule has 0 spiro atoms. The van der Waals surface area contributed by atoms with Gasteiger partial charge >= 0.3 is 0 Å². The first-order valence-electron chi connectivity index (χ1n) is 11.5. The second kappa shape index (κ2) is 11.7. The zero-order chi connectivity index (χ0) is 28.2. The zero-order valence-corrected chi connectivity index (χ0v) is 23.7. The summed E-state index contributed by atoms with van der Waals surface area (Å²) in [6.07, 6.45) is 0. The Labute approximate surface area is 237 Å². The van der Waals surface area contributed by atoms with Crippen molar-refractivity contribution in [3.05, 3.63) is 113 Å². The summed E-state index contributed by atoms with van der Waals surface area (Å²) in [4.78, 5) is 13.0. The molecule has 0 radical (unpaired) electrons. The minimum Gasteiger partial charge on any atom is -0.325 e. The fraction of sp³-hybridized carbons (Fsp3) is 0.0741. The molecular formula is C27H23Cl2N3O5S2. The number of para-hydroxylation sites is 1. The number of aryl methyl sites for hydroxylation is 1. The highest BCUT2D eigenvalue weighted by Crippen LogP contribution is 2.28. The maximum absolute atomic E-state index is 13.5. The smallest absolute Gasteiger partial charge is 0.264 e. The lowest BCUT2D eigenvalue weighted by atomic mass is 10.2. The van der Waals surface area contributed by atoms with Crippen molar-refractivity contribution in [1.82, 2.24) is 0 Å². The number of sulfonamides is 2. The van der Waals surface area contributed by atoms with E-state index in [1.54, 1.807) is 49.4 Å². The Kier molecular flexibility index (Phi) is 8.51. The molecule has 4 aromatic rings. The van der Waals surface area contributed by atoms with Gasteiger partial charge in [0.1, 0.15) is 6.54 Å². The van der Waals surface area contributed by atoms with E-state index in [2.05, 4.69) is 10.0 Å². The molecule has 0 saturated carbocycles. The Hall–Kier alpha value is -3.57. The number of nitrogens with zero attached hydrogens (tertiary/aromatic N) is 1. The first-order valence-corrected chi connectivity index (χ1v) is 15.2. The molecule has 0 unspecified atom stereocenters. The predicted molar refractivity (Wildman–Crippen MR) is 154 cm³/mol. The molecule has 202 valence electrons. The molecule has 0 aliphatic heterocycles. The van der Waals surface area contributed by atoms with Gasteiger partial charge in [-0.15, -0.1) is 0 Å². The van der Waals surface area contributed by atoms with E-state index < -0.39 is 32.5 Å². The van der Waals surface area contributed by atoms with Crippen molar-refractivity contribution < 1.29 is 21.6 Å². The molecule has 4 rings (SSSR count). The van der Waals surface area contributed by atoms with E-state index in [4.69, 9.17) is 23.2 Å². The number of anilines is 3. The minimum atomic E-state index is -4.12. The van der Waals surface area contributed by atoms with E-state index in [1.807, 2.05) is 0 Å². The highest BCUT2D eigenvalue weighted by molar-refractivity contribution is 7.93. The first kappa shape index (κ1) is 28.4. The van der Waals surface area contributed by atoms with Crippen LogP contribution in [0, 0.1) is 6.92 Å². The van der Waals surface area contributed by atoms with Crippen molar-refractivity contribution in [2.75, 3.05) is 20.9 Å². The number of carbonyl (C=O) groups is 1. The quantitative estimate of drug-likeness (QED) is 0.246. The summed E-state index contributed by atoms with van der Waals surface area (Å²) < 4.78 is 56.0. The number of rotatable bonds is 9. The molecule has 0 aliphatic carbocycles. The van der Waals surface area contributed by atoms with Gasteiger partial charge in [0.15, 0.2) is 0 Å². The monoisotopic (exact) mass is 603 g/mol. The molecule has 0 aliphatic rings. The Morgan fingerprint density at radius 2 is 1.38 bits per heavy atom. The third-order valence-electron chi connectivity index (χ3n) is 5.60. The van der Waals surface area contributed by atoms with E-state index in [0.29, 0.717) is 27.0 Å². The van der Waals surface area contributed by atoms with Gasteiger partial charge in [-0.25, -0.2) is 16.8 Å². The Morgan fingerprint density at radius 3 is 2.03 bits per heavy atom. The number of benzene rings is 4. The highest BCUT2D eigenvalue weighted by atomic mass is 35.5. The number of carbonyl (C=O) groups excluding carboxylic acids is 1. The van der Waals surface area contributed by atoms with Crippen LogP contribution in [0.1, 0.15) is 5.56 Å². The molecule has 39 heavy (non-hydrogen) atoms. The van der Waals surface area contributed by atoms with Crippen molar-refractivity contribution in [2.45, 2.75) is 16.7 Å². The maximum atomic E-state index is 13.5. The van der Waals surface area contributed by atoms with Crippen LogP contribution < -0.4 is 14.3 Å². The zero-order valence-electron chi connectivity index (χ0n) is 20.5. The van der Waals surface area contributed by atoms with E-state index in [-0.39, 0.29) is 15.5 Å². The van der Waals surface area contributed by atoms with Crippen LogP contribution in [-0.4, -0.2) is 29.3 Å². The van der Waals surface area contributed by atoms with Crippen LogP contribution in [0.3, 0.4) is 0 Å². The number of hydrogen-bond donors (Lipinski definition) is 2. The third kappa shape index (κ3) is 6.90. The normalized spacial score (nSPS) is 11.6. The Balaban J connectivity index is 1.54. The molecule has 12 heteroatoms. The standard InChI is InChI=1S/C27H23Cl2N3O5S2/c1-19-5-2-3-8-26(19)32(39(36,37)25-13-9-20(28)10-14-25)18-27(33)30-22-11-15-24(16-12-22)38(34,35)31-23-7-4-6-21(29)17-23/h2-17,31H,18H2,1H3,(H,30,33). The number of hydrogen-bond acceptors (Lipinski definition) is 5. The van der Waals surface area contributed by atoms with E-state index >= 15 is 0 Å². The molecule has 4 aromatic carbocycles. The van der Waals surface area contributed by atoms with Gasteiger partial charge in [-0.3, -0.25) is 13.8 Å². The van der Waals surface area contributed by atoms with Crippen molar-refractivity contribution >= 4 is 66.2 Å². The SMILES string of the molecule is Cc1ccccc1N(CC(=O)Nc1ccc(S(=O)(=O)Nc2cccc(Cl)c2)cc1)S(=O)(=O)c1ccc(Cl)cc1. The fourth-order valence-corrected chi connectivity index (χ4v) is 6.54. The summed E-state index contributed by atoms with van der Waals surface area (Å²) in [6.45, 7) is 1.22. The maximum Gasteiger partial charge on any atom is 0.264 e. The molecule has 1 amide bonds. The van der Waals surface area contributed by atoms with Gasteiger partial charge < -0.3 is 5.32 Å². The van der Waals surface area contributed by atoms with Crippen LogP contribution in [0.25, 0.3) is 0 Å². The highest BCUT2D eigenvalue weighted by Gasteiger charge is 2.28. The van der Waals surface area contributed by atoms with Crippen molar-refractivity contribution in [3.8, 4) is 0 Å². The van der Waals surface area contributed by atoms with Crippen molar-refractivity contribution in [2.24, 2.45) is 0 Å². The van der Waals surface area contributed by atoms with Gasteiger partial charge in [-0.05, 0) is 85.3 Å². The van der Waals surface area contributed by atoms with Gasteiger partial charge in [0.05, 0.1) is 21.2 Å². The van der Waals surface area contributed by atoms with Crippen LogP contribution >= 0.6 is 23.2 Å². The predicted octanol–water partition coefficient (Wildman–Crippen LogP) is 5.94. The lowest BCUT2D eigenvalue weighted by Crippen LogP contribution is -2.38. The van der Waals surface area contributed by atoms with Crippen LogP contribution in [0.2, 0.25) is 10.0 Å². The molecule has 0 atom stereocenters. The van der Waals surface area contributed by atoms with Crippen LogP contribution in [0.5, 0.6) is 0 Å². The third-order valence-corrected chi connectivity index (χ3v) is 9.26. The molecule has 0 heterocycles. The molecule has 8 nitrogen and oxygen atoms in total. The van der Waals surface area contributed by atoms with Crippen LogP contribution in [0.15, 0.2) is 107 Å². The summed E-state index contributed by atoms with van der Waals surface area (Å²) in [5, 5.41) is 3.39. The van der Waals surface area contributed by atoms with Gasteiger partial charge in [0, 0.05) is 15.7 Å². The topological polar surface area (TPSA) is 113 Å². The summed E-state index contributed by atoms with van der Waals surface area (Å²) >= 11 is 11.8. The van der Waals surface area contributed by atoms with Gasteiger partial charge in [-0.2, -0.15) is 0 Å². The summed E-state index contributed by atoms with van der Waals surface area (Å²) in [6, 6.07) is 24.2. The van der Waals surface area contributed by atoms with Gasteiger partial charge in [-0.1, -0.05) is 47.5 Å². The molecule has 0 fully saturated rings. The second-order valence-corrected chi connectivity index (χ2v) is 12.9.